The predicted molar refractivity (Wildman–Crippen MR) is 104 cm³/mol. The van der Waals surface area contributed by atoms with Gasteiger partial charge in [0.05, 0.1) is 18.1 Å². The number of carboxylic acid groups (broad SMARTS) is 1. The summed E-state index contributed by atoms with van der Waals surface area (Å²) in [7, 11) is -1.86. The van der Waals surface area contributed by atoms with Crippen molar-refractivity contribution in [1.82, 2.24) is 9.80 Å². The molecule has 0 aromatic heterocycles. The number of rotatable bonds is 6. The van der Waals surface area contributed by atoms with E-state index in [4.69, 9.17) is 9.16 Å². The highest BCUT2D eigenvalue weighted by Crippen LogP contribution is 2.50. The highest BCUT2D eigenvalue weighted by molar-refractivity contribution is 6.69. The number of carboxylic acids is 1. The quantitative estimate of drug-likeness (QED) is 0.410. The lowest BCUT2D eigenvalue weighted by atomic mass is 9.75. The highest BCUT2D eigenvalue weighted by Gasteiger charge is 2.62. The van der Waals surface area contributed by atoms with E-state index >= 15 is 0 Å². The normalized spacial score (nSPS) is 27.7. The Morgan fingerprint density at radius 3 is 2.64 bits per heavy atom. The Bertz CT molecular complexity index is 743. The molecule has 0 aromatic rings. The lowest BCUT2D eigenvalue weighted by molar-refractivity contribution is -0.163. The minimum absolute atomic E-state index is 0.0931. The maximum Gasteiger partial charge on any atom is 0.410 e. The predicted octanol–water partition coefficient (Wildman–Crippen LogP) is 2.05. The molecule has 3 heterocycles. The van der Waals surface area contributed by atoms with Crippen LogP contribution >= 0.6 is 0 Å². The van der Waals surface area contributed by atoms with Crippen LogP contribution in [-0.4, -0.2) is 73.0 Å². The van der Waals surface area contributed by atoms with Gasteiger partial charge in [-0.3, -0.25) is 4.79 Å². The van der Waals surface area contributed by atoms with Crippen LogP contribution in [0.3, 0.4) is 0 Å². The van der Waals surface area contributed by atoms with Crippen LogP contribution in [-0.2, 0) is 18.8 Å². The number of ether oxygens (including phenoxy) is 1. The number of β-lactam (4-membered cyclic amide) rings is 1. The van der Waals surface area contributed by atoms with Gasteiger partial charge < -0.3 is 24.1 Å². The van der Waals surface area contributed by atoms with Gasteiger partial charge in [-0.25, -0.2) is 9.59 Å². The summed E-state index contributed by atoms with van der Waals surface area (Å²) in [4.78, 5) is 40.0. The van der Waals surface area contributed by atoms with E-state index in [0.717, 1.165) is 5.57 Å². The fraction of sp³-hybridized carbons (Fsp3) is 0.632. The Hall–Kier alpha value is -2.13. The second-order valence-corrected chi connectivity index (χ2v) is 13.0. The fourth-order valence-corrected chi connectivity index (χ4v) is 5.86. The number of nitrogens with zero attached hydrogens (tertiary/aromatic N) is 2. The zero-order valence-corrected chi connectivity index (χ0v) is 17.8. The lowest BCUT2D eigenvalue weighted by Crippen LogP contribution is -2.66. The molecule has 2 amide bonds. The summed E-state index contributed by atoms with van der Waals surface area (Å²) >= 11 is 0. The van der Waals surface area contributed by atoms with Crippen molar-refractivity contribution < 1.29 is 28.7 Å². The van der Waals surface area contributed by atoms with Gasteiger partial charge in [-0.15, -0.1) is 0 Å². The fourth-order valence-electron chi connectivity index (χ4n) is 4.60. The minimum Gasteiger partial charge on any atom is -0.477 e. The van der Waals surface area contributed by atoms with E-state index in [1.807, 2.05) is 6.92 Å². The van der Waals surface area contributed by atoms with Crippen molar-refractivity contribution in [2.24, 2.45) is 11.8 Å². The molecule has 0 radical (unpaired) electrons. The average Bonchev–Trinajstić information content (AvgIpc) is 2.88. The van der Waals surface area contributed by atoms with Crippen LogP contribution in [0.1, 0.15) is 13.3 Å². The molecule has 3 aliphatic rings. The topological polar surface area (TPSA) is 96.4 Å². The molecule has 8 nitrogen and oxygen atoms in total. The molecule has 0 aliphatic carbocycles. The first-order valence-corrected chi connectivity index (χ1v) is 13.0. The van der Waals surface area contributed by atoms with E-state index < -0.39 is 26.3 Å². The molecule has 3 aliphatic heterocycles. The van der Waals surface area contributed by atoms with Crippen molar-refractivity contribution >= 4 is 26.3 Å². The SMILES string of the molecule is C=CCOC(=O)N1CCC2=C(C(=O)O)N3C(=O)[C@H]([C@@H](C)O[Si](C)(C)C)[C@H]3[C@H]2C1. The third kappa shape index (κ3) is 3.48. The summed E-state index contributed by atoms with van der Waals surface area (Å²) in [5.41, 5.74) is 0.844. The summed E-state index contributed by atoms with van der Waals surface area (Å²) in [6, 6.07) is -0.282. The molecule has 0 aromatic carbocycles. The lowest BCUT2D eigenvalue weighted by Gasteiger charge is -2.49. The van der Waals surface area contributed by atoms with Gasteiger partial charge in [0.15, 0.2) is 8.32 Å². The summed E-state index contributed by atoms with van der Waals surface area (Å²) in [5.74, 6) is -1.88. The second kappa shape index (κ2) is 7.36. The van der Waals surface area contributed by atoms with Gasteiger partial charge in [-0.2, -0.15) is 0 Å². The molecule has 0 saturated carbocycles. The number of aliphatic carboxylic acids is 1. The number of amides is 2. The zero-order chi connectivity index (χ0) is 20.8. The van der Waals surface area contributed by atoms with Crippen molar-refractivity contribution in [3.05, 3.63) is 23.9 Å². The van der Waals surface area contributed by atoms with Crippen molar-refractivity contribution in [1.29, 1.82) is 0 Å². The Kier molecular flexibility index (Phi) is 5.41. The molecule has 1 N–H and O–H groups in total. The van der Waals surface area contributed by atoms with Gasteiger partial charge >= 0.3 is 12.1 Å². The molecular formula is C19H28N2O6Si. The van der Waals surface area contributed by atoms with Gasteiger partial charge in [0.2, 0.25) is 5.91 Å². The van der Waals surface area contributed by atoms with Crippen molar-refractivity contribution in [2.75, 3.05) is 19.7 Å². The van der Waals surface area contributed by atoms with Crippen LogP contribution in [0.4, 0.5) is 4.79 Å². The summed E-state index contributed by atoms with van der Waals surface area (Å²) < 4.78 is 11.3. The first-order valence-electron chi connectivity index (χ1n) is 9.56. The third-order valence-electron chi connectivity index (χ3n) is 5.49. The number of piperidine rings is 1. The standard InChI is InChI=1S/C19H28N2O6Si/c1-6-9-26-19(25)20-8-7-12-13(10-20)15-14(11(2)27-28(3,4)5)17(22)21(15)16(12)18(23)24/h6,11,13-15H,1,7-10H2,2-5H3,(H,23,24)/t11-,13+,14-,15-/m1/s1. The summed E-state index contributed by atoms with van der Waals surface area (Å²) in [6.07, 6.45) is 1.19. The maximum absolute atomic E-state index is 12.8. The molecule has 9 heteroatoms. The Labute approximate surface area is 165 Å². The zero-order valence-electron chi connectivity index (χ0n) is 16.8. The van der Waals surface area contributed by atoms with E-state index in [-0.39, 0.29) is 36.3 Å². The maximum atomic E-state index is 12.8. The molecule has 0 bridgehead atoms. The van der Waals surface area contributed by atoms with Crippen molar-refractivity contribution in [3.63, 3.8) is 0 Å². The van der Waals surface area contributed by atoms with E-state index in [0.29, 0.717) is 19.5 Å². The molecule has 3 rings (SSSR count). The number of fused-ring (bicyclic) bond motifs is 3. The number of hydrogen-bond acceptors (Lipinski definition) is 5. The third-order valence-corrected chi connectivity index (χ3v) is 6.57. The molecule has 154 valence electrons. The Morgan fingerprint density at radius 2 is 2.07 bits per heavy atom. The molecule has 2 saturated heterocycles. The van der Waals surface area contributed by atoms with Gasteiger partial charge in [-0.1, -0.05) is 12.7 Å². The van der Waals surface area contributed by atoms with E-state index in [1.54, 1.807) is 4.90 Å². The molecule has 4 atom stereocenters. The van der Waals surface area contributed by atoms with Gasteiger partial charge in [0.1, 0.15) is 12.3 Å². The molecule has 0 spiro atoms. The van der Waals surface area contributed by atoms with Crippen LogP contribution in [0.15, 0.2) is 23.9 Å². The summed E-state index contributed by atoms with van der Waals surface area (Å²) in [5, 5.41) is 9.70. The van der Waals surface area contributed by atoms with Crippen molar-refractivity contribution in [3.8, 4) is 0 Å². The minimum atomic E-state index is -1.86. The van der Waals surface area contributed by atoms with Gasteiger partial charge in [0.25, 0.3) is 0 Å². The van der Waals surface area contributed by atoms with E-state index in [2.05, 4.69) is 26.2 Å². The molecular weight excluding hydrogens is 380 g/mol. The van der Waals surface area contributed by atoms with Gasteiger partial charge in [0, 0.05) is 19.0 Å². The van der Waals surface area contributed by atoms with Crippen LogP contribution < -0.4 is 0 Å². The molecule has 2 fully saturated rings. The van der Waals surface area contributed by atoms with Gasteiger partial charge in [-0.05, 0) is 38.6 Å². The average molecular weight is 409 g/mol. The monoisotopic (exact) mass is 408 g/mol. The first-order chi connectivity index (χ1) is 13.1. The van der Waals surface area contributed by atoms with E-state index in [9.17, 15) is 19.5 Å². The Morgan fingerprint density at radius 1 is 1.39 bits per heavy atom. The second-order valence-electron chi connectivity index (χ2n) is 8.51. The largest absolute Gasteiger partial charge is 0.477 e. The Balaban J connectivity index is 1.84. The number of likely N-dealkylation sites (tertiary alicyclic amines) is 1. The summed E-state index contributed by atoms with van der Waals surface area (Å²) in [6.45, 7) is 12.4. The van der Waals surface area contributed by atoms with E-state index in [1.165, 1.54) is 11.0 Å². The molecule has 28 heavy (non-hydrogen) atoms. The van der Waals surface area contributed by atoms with Crippen molar-refractivity contribution in [2.45, 2.75) is 45.1 Å². The van der Waals surface area contributed by atoms with Crippen LogP contribution in [0.25, 0.3) is 0 Å². The highest BCUT2D eigenvalue weighted by atomic mass is 28.4. The number of carbonyl (C=O) groups is 3. The number of hydrogen-bond donors (Lipinski definition) is 1. The van der Waals surface area contributed by atoms with Crippen LogP contribution in [0.5, 0.6) is 0 Å². The molecule has 0 unspecified atom stereocenters. The number of carbonyl (C=O) groups excluding carboxylic acids is 2. The first kappa shape index (κ1) is 20.6. The van der Waals surface area contributed by atoms with Crippen LogP contribution in [0.2, 0.25) is 19.6 Å². The van der Waals surface area contributed by atoms with Crippen LogP contribution in [0, 0.1) is 11.8 Å². The smallest absolute Gasteiger partial charge is 0.410 e.